The molecular weight excluding hydrogens is 357 g/mol. The molecule has 0 saturated carbocycles. The second-order valence-corrected chi connectivity index (χ2v) is 5.92. The summed E-state index contributed by atoms with van der Waals surface area (Å²) >= 11 is 0. The third-order valence-electron chi connectivity index (χ3n) is 3.95. The van der Waals surface area contributed by atoms with Crippen LogP contribution in [0.3, 0.4) is 0 Å². The first-order chi connectivity index (χ1) is 13.7. The molecule has 142 valence electrons. The zero-order valence-electron chi connectivity index (χ0n) is 15.2. The number of carbonyl (C=O) groups excluding carboxylic acids is 1. The SMILES string of the molecule is O=C(ON1C=CC=CC=CC=CC=CC=CC=N1)N1Cc2cccc(F)c2C1. The molecular formula is C22H20FN3O2. The molecule has 2 aliphatic heterocycles. The van der Waals surface area contributed by atoms with Gasteiger partial charge in [-0.25, -0.2) is 9.18 Å². The smallest absolute Gasteiger partial charge is 0.299 e. The van der Waals surface area contributed by atoms with E-state index >= 15 is 0 Å². The Morgan fingerprint density at radius 2 is 1.54 bits per heavy atom. The molecule has 0 fully saturated rings. The maximum Gasteiger partial charge on any atom is 0.436 e. The Bertz CT molecular complexity index is 874. The van der Waals surface area contributed by atoms with Crippen LogP contribution in [-0.4, -0.2) is 22.4 Å². The van der Waals surface area contributed by atoms with Crippen LogP contribution in [0.2, 0.25) is 0 Å². The van der Waals surface area contributed by atoms with Crippen LogP contribution in [0.25, 0.3) is 0 Å². The minimum atomic E-state index is -0.604. The van der Waals surface area contributed by atoms with Gasteiger partial charge in [-0.15, -0.1) is 5.10 Å². The maximum absolute atomic E-state index is 13.9. The molecule has 0 spiro atoms. The van der Waals surface area contributed by atoms with E-state index in [9.17, 15) is 9.18 Å². The number of amides is 1. The average Bonchev–Trinajstić information content (AvgIpc) is 3.12. The van der Waals surface area contributed by atoms with Crippen LogP contribution in [-0.2, 0) is 17.9 Å². The number of halogens is 1. The molecule has 28 heavy (non-hydrogen) atoms. The second-order valence-electron chi connectivity index (χ2n) is 5.92. The fourth-order valence-electron chi connectivity index (χ4n) is 2.59. The van der Waals surface area contributed by atoms with Gasteiger partial charge in [0, 0.05) is 12.1 Å². The normalized spacial score (nSPS) is 16.2. The van der Waals surface area contributed by atoms with E-state index in [0.29, 0.717) is 12.1 Å². The molecule has 2 heterocycles. The van der Waals surface area contributed by atoms with Crippen molar-refractivity contribution in [3.63, 3.8) is 0 Å². The Labute approximate surface area is 163 Å². The third-order valence-corrected chi connectivity index (χ3v) is 3.95. The van der Waals surface area contributed by atoms with Gasteiger partial charge in [0.05, 0.1) is 19.0 Å². The van der Waals surface area contributed by atoms with E-state index in [-0.39, 0.29) is 12.4 Å². The maximum atomic E-state index is 13.9. The van der Waals surface area contributed by atoms with Crippen LogP contribution in [0.1, 0.15) is 11.1 Å². The lowest BCUT2D eigenvalue weighted by Crippen LogP contribution is -2.30. The first kappa shape index (κ1) is 19.1. The molecule has 0 bridgehead atoms. The Morgan fingerprint density at radius 3 is 2.21 bits per heavy atom. The summed E-state index contributed by atoms with van der Waals surface area (Å²) < 4.78 is 13.9. The quantitative estimate of drug-likeness (QED) is 0.707. The number of hydrazone groups is 1. The van der Waals surface area contributed by atoms with Gasteiger partial charge in [0.15, 0.2) is 0 Å². The van der Waals surface area contributed by atoms with Gasteiger partial charge >= 0.3 is 6.09 Å². The number of rotatable bonds is 1. The van der Waals surface area contributed by atoms with Gasteiger partial charge in [-0.05, 0) is 23.8 Å². The predicted octanol–water partition coefficient (Wildman–Crippen LogP) is 4.79. The van der Waals surface area contributed by atoms with Crippen molar-refractivity contribution in [3.8, 4) is 0 Å². The van der Waals surface area contributed by atoms with E-state index in [1.54, 1.807) is 36.4 Å². The highest BCUT2D eigenvalue weighted by atomic mass is 19.1. The number of benzene rings is 1. The number of carbonyl (C=O) groups is 1. The predicted molar refractivity (Wildman–Crippen MR) is 107 cm³/mol. The molecule has 1 aromatic rings. The average molecular weight is 377 g/mol. The standard InChI is InChI=1S/C22H20FN3O2/c23-21-14-12-13-19-17-25(18-20(19)21)22(27)28-26-16-11-9-7-5-3-1-2-4-6-8-10-15-24-26/h1-16H,17-18H2. The molecule has 2 aliphatic rings. The molecule has 0 radical (unpaired) electrons. The van der Waals surface area contributed by atoms with Gasteiger partial charge < -0.3 is 0 Å². The Hall–Kier alpha value is -3.67. The first-order valence-electron chi connectivity index (χ1n) is 8.80. The molecule has 0 atom stereocenters. The summed E-state index contributed by atoms with van der Waals surface area (Å²) in [6, 6.07) is 4.83. The molecule has 6 heteroatoms. The Kier molecular flexibility index (Phi) is 6.73. The summed E-state index contributed by atoms with van der Waals surface area (Å²) in [6.45, 7) is 0.472. The highest BCUT2D eigenvalue weighted by Gasteiger charge is 2.27. The summed E-state index contributed by atoms with van der Waals surface area (Å²) in [5, 5.41) is 5.17. The van der Waals surface area contributed by atoms with Gasteiger partial charge in [0.1, 0.15) is 5.82 Å². The minimum Gasteiger partial charge on any atom is -0.299 e. The fourth-order valence-corrected chi connectivity index (χ4v) is 2.59. The zero-order chi connectivity index (χ0) is 19.6. The van der Waals surface area contributed by atoms with Gasteiger partial charge in [-0.1, -0.05) is 72.0 Å². The van der Waals surface area contributed by atoms with Crippen molar-refractivity contribution in [2.75, 3.05) is 0 Å². The van der Waals surface area contributed by atoms with E-state index in [0.717, 1.165) is 10.7 Å². The molecule has 0 aromatic heterocycles. The Balaban J connectivity index is 1.68. The van der Waals surface area contributed by atoms with E-state index in [1.807, 2.05) is 42.5 Å². The van der Waals surface area contributed by atoms with Crippen molar-refractivity contribution >= 4 is 12.3 Å². The summed E-state index contributed by atoms with van der Waals surface area (Å²) in [7, 11) is 0. The highest BCUT2D eigenvalue weighted by molar-refractivity contribution is 5.72. The lowest BCUT2D eigenvalue weighted by atomic mass is 10.1. The molecule has 3 rings (SSSR count). The number of nitrogens with zero attached hydrogens (tertiary/aromatic N) is 3. The molecule has 0 N–H and O–H groups in total. The number of hydroxylamine groups is 1. The first-order valence-corrected chi connectivity index (χ1v) is 8.80. The van der Waals surface area contributed by atoms with E-state index in [2.05, 4.69) is 5.10 Å². The largest absolute Gasteiger partial charge is 0.436 e. The minimum absolute atomic E-state index is 0.171. The van der Waals surface area contributed by atoms with Crippen LogP contribution >= 0.6 is 0 Å². The van der Waals surface area contributed by atoms with Crippen molar-refractivity contribution in [1.29, 1.82) is 0 Å². The number of fused-ring (bicyclic) bond motifs is 1. The van der Waals surface area contributed by atoms with Crippen molar-refractivity contribution in [2.24, 2.45) is 5.10 Å². The lowest BCUT2D eigenvalue weighted by molar-refractivity contribution is -0.0724. The van der Waals surface area contributed by atoms with Crippen molar-refractivity contribution in [3.05, 3.63) is 108 Å². The van der Waals surface area contributed by atoms with Crippen LogP contribution in [0, 0.1) is 5.82 Å². The van der Waals surface area contributed by atoms with Crippen molar-refractivity contribution < 1.29 is 14.0 Å². The van der Waals surface area contributed by atoms with Crippen LogP contribution < -0.4 is 0 Å². The monoisotopic (exact) mass is 377 g/mol. The molecule has 1 aromatic carbocycles. The van der Waals surface area contributed by atoms with Crippen molar-refractivity contribution in [2.45, 2.75) is 13.1 Å². The van der Waals surface area contributed by atoms with Crippen LogP contribution in [0.4, 0.5) is 9.18 Å². The van der Waals surface area contributed by atoms with Gasteiger partial charge in [-0.2, -0.15) is 0 Å². The summed E-state index contributed by atoms with van der Waals surface area (Å²) in [4.78, 5) is 19.2. The highest BCUT2D eigenvalue weighted by Crippen LogP contribution is 2.25. The van der Waals surface area contributed by atoms with Crippen molar-refractivity contribution in [1.82, 2.24) is 10.1 Å². The molecule has 1 amide bonds. The fraction of sp³-hybridized carbons (Fsp3) is 0.0909. The summed E-state index contributed by atoms with van der Waals surface area (Å²) in [5.74, 6) is -0.314. The lowest BCUT2D eigenvalue weighted by Gasteiger charge is -2.18. The van der Waals surface area contributed by atoms with E-state index in [4.69, 9.17) is 4.84 Å². The van der Waals surface area contributed by atoms with Gasteiger partial charge in [-0.3, -0.25) is 9.74 Å². The zero-order valence-corrected chi connectivity index (χ0v) is 15.2. The van der Waals surface area contributed by atoms with E-state index < -0.39 is 6.09 Å². The number of allylic oxidation sites excluding steroid dienone is 11. The summed E-state index contributed by atoms with van der Waals surface area (Å²) in [5.41, 5.74) is 1.31. The number of hydrogen-bond acceptors (Lipinski definition) is 4. The third kappa shape index (κ3) is 5.41. The van der Waals surface area contributed by atoms with Crippen LogP contribution in [0.15, 0.2) is 96.3 Å². The van der Waals surface area contributed by atoms with Gasteiger partial charge in [0.25, 0.3) is 0 Å². The number of hydrogen-bond donors (Lipinski definition) is 0. The molecule has 0 unspecified atom stereocenters. The summed E-state index contributed by atoms with van der Waals surface area (Å²) in [6.07, 6.45) is 22.6. The Morgan fingerprint density at radius 1 is 0.893 bits per heavy atom. The molecule has 5 nitrogen and oxygen atoms in total. The van der Waals surface area contributed by atoms with E-state index in [1.165, 1.54) is 23.4 Å². The van der Waals surface area contributed by atoms with Gasteiger partial charge in [0.2, 0.25) is 0 Å². The topological polar surface area (TPSA) is 45.1 Å². The molecule has 0 saturated heterocycles. The second kappa shape index (κ2) is 9.87. The molecule has 0 aliphatic carbocycles. The van der Waals surface area contributed by atoms with Crippen LogP contribution in [0.5, 0.6) is 0 Å².